The summed E-state index contributed by atoms with van der Waals surface area (Å²) in [7, 11) is 1.89. The standard InChI is InChI=1S/C16H19N3O4/c1-18(10-13-6-3-2-4-7-13)11-14(20)12-23-15-8-5-9-17-16(15)19(21)22/h2-9,14,20H,10-12H2,1H3. The van der Waals surface area contributed by atoms with Crippen LogP contribution >= 0.6 is 0 Å². The fraction of sp³-hybridized carbons (Fsp3) is 0.312. The minimum atomic E-state index is -0.761. The van der Waals surface area contributed by atoms with Gasteiger partial charge >= 0.3 is 5.82 Å². The van der Waals surface area contributed by atoms with Crippen molar-refractivity contribution in [3.63, 3.8) is 0 Å². The van der Waals surface area contributed by atoms with Gasteiger partial charge in [0.15, 0.2) is 0 Å². The quantitative estimate of drug-likeness (QED) is 0.590. The van der Waals surface area contributed by atoms with Crippen LogP contribution < -0.4 is 4.74 Å². The summed E-state index contributed by atoms with van der Waals surface area (Å²) in [5, 5.41) is 20.9. The van der Waals surface area contributed by atoms with Crippen LogP contribution in [0.5, 0.6) is 5.75 Å². The van der Waals surface area contributed by atoms with Gasteiger partial charge in [-0.3, -0.25) is 4.90 Å². The lowest BCUT2D eigenvalue weighted by atomic mass is 10.2. The van der Waals surface area contributed by atoms with E-state index in [-0.39, 0.29) is 18.2 Å². The van der Waals surface area contributed by atoms with Crippen LogP contribution in [0.2, 0.25) is 0 Å². The van der Waals surface area contributed by atoms with Gasteiger partial charge in [0.1, 0.15) is 18.9 Å². The number of aliphatic hydroxyl groups excluding tert-OH is 1. The van der Waals surface area contributed by atoms with Crippen LogP contribution in [0.15, 0.2) is 48.7 Å². The molecule has 0 bridgehead atoms. The van der Waals surface area contributed by atoms with Crippen molar-refractivity contribution in [3.05, 3.63) is 64.3 Å². The van der Waals surface area contributed by atoms with Crippen LogP contribution in [0.1, 0.15) is 5.56 Å². The Morgan fingerprint density at radius 1 is 1.30 bits per heavy atom. The van der Waals surface area contributed by atoms with Crippen LogP contribution in [0, 0.1) is 10.1 Å². The van der Waals surface area contributed by atoms with Crippen LogP contribution in [0.25, 0.3) is 0 Å². The number of hydrogen-bond acceptors (Lipinski definition) is 6. The Labute approximate surface area is 134 Å². The number of nitrogens with zero attached hydrogens (tertiary/aromatic N) is 3. The van der Waals surface area contributed by atoms with Crippen molar-refractivity contribution in [3.8, 4) is 5.75 Å². The molecule has 1 aromatic carbocycles. The number of aromatic nitrogens is 1. The molecule has 0 aliphatic carbocycles. The van der Waals surface area contributed by atoms with E-state index in [4.69, 9.17) is 4.74 Å². The average Bonchev–Trinajstić information content (AvgIpc) is 2.54. The Kier molecular flexibility index (Phi) is 6.02. The molecule has 122 valence electrons. The van der Waals surface area contributed by atoms with E-state index in [1.54, 1.807) is 6.07 Å². The van der Waals surface area contributed by atoms with Gasteiger partial charge in [0.05, 0.1) is 0 Å². The van der Waals surface area contributed by atoms with E-state index >= 15 is 0 Å². The lowest BCUT2D eigenvalue weighted by Gasteiger charge is -2.20. The second kappa shape index (κ2) is 8.21. The van der Waals surface area contributed by atoms with Gasteiger partial charge < -0.3 is 20.0 Å². The molecule has 0 saturated carbocycles. The molecule has 7 heteroatoms. The largest absolute Gasteiger partial charge is 0.483 e. The van der Waals surface area contributed by atoms with Gasteiger partial charge in [-0.1, -0.05) is 30.3 Å². The molecule has 0 spiro atoms. The monoisotopic (exact) mass is 317 g/mol. The highest BCUT2D eigenvalue weighted by Crippen LogP contribution is 2.22. The lowest BCUT2D eigenvalue weighted by molar-refractivity contribution is -0.390. The number of pyridine rings is 1. The molecule has 0 aliphatic heterocycles. The Balaban J connectivity index is 1.83. The van der Waals surface area contributed by atoms with Gasteiger partial charge in [-0.15, -0.1) is 0 Å². The van der Waals surface area contributed by atoms with E-state index in [1.807, 2.05) is 42.3 Å². The first-order chi connectivity index (χ1) is 11.1. The normalized spacial score (nSPS) is 12.1. The van der Waals surface area contributed by atoms with Gasteiger partial charge in [0.2, 0.25) is 5.75 Å². The third-order valence-corrected chi connectivity index (χ3v) is 3.17. The summed E-state index contributed by atoms with van der Waals surface area (Å²) < 4.78 is 5.33. The van der Waals surface area contributed by atoms with E-state index in [0.29, 0.717) is 13.1 Å². The molecule has 1 unspecified atom stereocenters. The van der Waals surface area contributed by atoms with Crippen molar-refractivity contribution >= 4 is 5.82 Å². The van der Waals surface area contributed by atoms with Gasteiger partial charge in [-0.25, -0.2) is 0 Å². The first kappa shape index (κ1) is 16.9. The molecule has 0 radical (unpaired) electrons. The maximum atomic E-state index is 10.8. The molecule has 23 heavy (non-hydrogen) atoms. The van der Waals surface area contributed by atoms with Gasteiger partial charge in [-0.05, 0) is 34.7 Å². The van der Waals surface area contributed by atoms with Crippen molar-refractivity contribution < 1.29 is 14.8 Å². The maximum Gasteiger partial charge on any atom is 0.406 e. The summed E-state index contributed by atoms with van der Waals surface area (Å²) in [6, 6.07) is 12.9. The van der Waals surface area contributed by atoms with Crippen molar-refractivity contribution in [2.24, 2.45) is 0 Å². The van der Waals surface area contributed by atoms with Crippen LogP contribution in [-0.2, 0) is 6.54 Å². The fourth-order valence-electron chi connectivity index (χ4n) is 2.19. The molecule has 1 heterocycles. The van der Waals surface area contributed by atoms with E-state index in [9.17, 15) is 15.2 Å². The molecule has 0 saturated heterocycles. The summed E-state index contributed by atoms with van der Waals surface area (Å²) in [4.78, 5) is 15.8. The zero-order valence-electron chi connectivity index (χ0n) is 12.8. The lowest BCUT2D eigenvalue weighted by Crippen LogP contribution is -2.32. The number of ether oxygens (including phenoxy) is 1. The van der Waals surface area contributed by atoms with Crippen LogP contribution in [0.3, 0.4) is 0 Å². The van der Waals surface area contributed by atoms with Crippen LogP contribution in [0.4, 0.5) is 5.82 Å². The topological polar surface area (TPSA) is 88.7 Å². The third-order valence-electron chi connectivity index (χ3n) is 3.17. The van der Waals surface area contributed by atoms with E-state index in [2.05, 4.69) is 4.98 Å². The number of aliphatic hydroxyl groups is 1. The fourth-order valence-corrected chi connectivity index (χ4v) is 2.19. The van der Waals surface area contributed by atoms with E-state index in [0.717, 1.165) is 5.56 Å². The Morgan fingerprint density at radius 3 is 2.74 bits per heavy atom. The van der Waals surface area contributed by atoms with E-state index < -0.39 is 11.0 Å². The van der Waals surface area contributed by atoms with Crippen molar-refractivity contribution in [2.45, 2.75) is 12.6 Å². The predicted octanol–water partition coefficient (Wildman–Crippen LogP) is 1.86. The average molecular weight is 317 g/mol. The molecule has 1 aromatic heterocycles. The second-order valence-electron chi connectivity index (χ2n) is 5.23. The zero-order chi connectivity index (χ0) is 16.7. The number of likely N-dealkylation sites (N-methyl/N-ethyl adjacent to an activating group) is 1. The molecule has 7 nitrogen and oxygen atoms in total. The smallest absolute Gasteiger partial charge is 0.406 e. The van der Waals surface area contributed by atoms with Crippen LogP contribution in [-0.4, -0.2) is 46.2 Å². The first-order valence-electron chi connectivity index (χ1n) is 7.19. The number of hydrogen-bond donors (Lipinski definition) is 1. The summed E-state index contributed by atoms with van der Waals surface area (Å²) in [6.07, 6.45) is 0.568. The molecule has 1 atom stereocenters. The second-order valence-corrected chi connectivity index (χ2v) is 5.23. The zero-order valence-corrected chi connectivity index (χ0v) is 12.8. The first-order valence-corrected chi connectivity index (χ1v) is 7.19. The highest BCUT2D eigenvalue weighted by molar-refractivity contribution is 5.38. The van der Waals surface area contributed by atoms with Gasteiger partial charge in [0, 0.05) is 13.1 Å². The van der Waals surface area contributed by atoms with Crippen molar-refractivity contribution in [1.82, 2.24) is 9.88 Å². The molecule has 0 amide bonds. The van der Waals surface area contributed by atoms with Gasteiger partial charge in [-0.2, -0.15) is 0 Å². The summed E-state index contributed by atoms with van der Waals surface area (Å²) in [5.74, 6) is -0.292. The number of rotatable bonds is 8. The Morgan fingerprint density at radius 2 is 2.04 bits per heavy atom. The molecule has 2 aromatic rings. The molecule has 0 aliphatic rings. The minimum Gasteiger partial charge on any atom is -0.483 e. The van der Waals surface area contributed by atoms with Gasteiger partial charge in [0.25, 0.3) is 0 Å². The van der Waals surface area contributed by atoms with E-state index in [1.165, 1.54) is 12.3 Å². The molecule has 2 rings (SSSR count). The molecular formula is C16H19N3O4. The molecule has 0 fully saturated rings. The Hall–Kier alpha value is -2.51. The predicted molar refractivity (Wildman–Crippen MR) is 85.2 cm³/mol. The Bertz CT molecular complexity index is 636. The highest BCUT2D eigenvalue weighted by Gasteiger charge is 2.17. The SMILES string of the molecule is CN(Cc1ccccc1)CC(O)COc1cccnc1[N+](=O)[O-]. The number of benzene rings is 1. The maximum absolute atomic E-state index is 10.8. The minimum absolute atomic E-state index is 0.0360. The summed E-state index contributed by atoms with van der Waals surface area (Å²) >= 11 is 0. The third kappa shape index (κ3) is 5.32. The highest BCUT2D eigenvalue weighted by atomic mass is 16.6. The van der Waals surface area contributed by atoms with Crippen molar-refractivity contribution in [1.29, 1.82) is 0 Å². The summed E-state index contributed by atoms with van der Waals surface area (Å²) in [6.45, 7) is 1.06. The molecule has 1 N–H and O–H groups in total. The number of nitro groups is 1. The van der Waals surface area contributed by atoms with Crippen molar-refractivity contribution in [2.75, 3.05) is 20.2 Å². The molecular weight excluding hydrogens is 298 g/mol. The summed E-state index contributed by atoms with van der Waals surface area (Å²) in [5.41, 5.74) is 1.14.